The van der Waals surface area contributed by atoms with E-state index in [2.05, 4.69) is 4.98 Å². The van der Waals surface area contributed by atoms with Crippen LogP contribution in [-0.2, 0) is 6.54 Å². The highest BCUT2D eigenvalue weighted by atomic mass is 127. The van der Waals surface area contributed by atoms with Crippen molar-refractivity contribution in [3.63, 3.8) is 0 Å². The van der Waals surface area contributed by atoms with Crippen LogP contribution in [0.3, 0.4) is 0 Å². The molecule has 0 atom stereocenters. The summed E-state index contributed by atoms with van der Waals surface area (Å²) >= 11 is 8.07. The normalized spacial score (nSPS) is 10.6. The molecule has 0 radical (unpaired) electrons. The fourth-order valence-electron chi connectivity index (χ4n) is 1.64. The van der Waals surface area contributed by atoms with Gasteiger partial charge in [-0.15, -0.1) is 0 Å². The van der Waals surface area contributed by atoms with E-state index in [1.54, 1.807) is 35.9 Å². The number of benzene rings is 1. The van der Waals surface area contributed by atoms with E-state index >= 15 is 0 Å². The third-order valence-electron chi connectivity index (χ3n) is 2.68. The van der Waals surface area contributed by atoms with E-state index in [4.69, 9.17) is 17.3 Å². The van der Waals surface area contributed by atoms with Gasteiger partial charge < -0.3 is 5.73 Å². The fraction of sp³-hybridized carbons (Fsp3) is 0.167. The monoisotopic (exact) mass is 375 g/mol. The zero-order valence-electron chi connectivity index (χ0n) is 9.65. The van der Waals surface area contributed by atoms with Gasteiger partial charge in [-0.2, -0.15) is 0 Å². The molecule has 0 unspecified atom stereocenters. The van der Waals surface area contributed by atoms with Crippen LogP contribution >= 0.6 is 34.2 Å². The average molecular weight is 376 g/mol. The van der Waals surface area contributed by atoms with E-state index in [0.717, 1.165) is 5.56 Å². The predicted molar refractivity (Wildman–Crippen MR) is 80.9 cm³/mol. The molecular formula is C12H11ClIN3O. The van der Waals surface area contributed by atoms with Crippen LogP contribution in [0.4, 0.5) is 5.69 Å². The second-order valence-corrected chi connectivity index (χ2v) is 5.42. The third-order valence-corrected chi connectivity index (χ3v) is 3.77. The molecule has 0 saturated heterocycles. The van der Waals surface area contributed by atoms with Gasteiger partial charge in [-0.25, -0.2) is 4.98 Å². The van der Waals surface area contributed by atoms with Gasteiger partial charge in [0.25, 0.3) is 5.56 Å². The largest absolute Gasteiger partial charge is 0.398 e. The minimum atomic E-state index is -0.0811. The number of nitrogen functional groups attached to an aromatic ring is 1. The maximum atomic E-state index is 12.0. The summed E-state index contributed by atoms with van der Waals surface area (Å²) in [5.74, 6) is 0.639. The highest BCUT2D eigenvalue weighted by molar-refractivity contribution is 14.1. The first-order valence-corrected chi connectivity index (χ1v) is 6.71. The molecule has 1 aromatic heterocycles. The molecule has 0 saturated carbocycles. The summed E-state index contributed by atoms with van der Waals surface area (Å²) in [5, 5.41) is 0.556. The molecule has 6 heteroatoms. The minimum Gasteiger partial charge on any atom is -0.398 e. The lowest BCUT2D eigenvalue weighted by atomic mass is 10.2. The summed E-state index contributed by atoms with van der Waals surface area (Å²) in [6.07, 6.45) is 1.56. The van der Waals surface area contributed by atoms with E-state index in [1.165, 1.54) is 0 Å². The smallest absolute Gasteiger partial charge is 0.267 e. The van der Waals surface area contributed by atoms with Crippen molar-refractivity contribution in [1.29, 1.82) is 0 Å². The van der Waals surface area contributed by atoms with Crippen molar-refractivity contribution in [2.75, 3.05) is 5.73 Å². The van der Waals surface area contributed by atoms with Crippen LogP contribution in [0.15, 0.2) is 29.2 Å². The second kappa shape index (κ2) is 5.27. The van der Waals surface area contributed by atoms with Gasteiger partial charge in [0.05, 0.1) is 10.1 Å². The third kappa shape index (κ3) is 2.51. The molecule has 0 aliphatic heterocycles. The van der Waals surface area contributed by atoms with E-state index in [0.29, 0.717) is 26.6 Å². The Morgan fingerprint density at radius 1 is 1.50 bits per heavy atom. The Morgan fingerprint density at radius 2 is 2.22 bits per heavy atom. The van der Waals surface area contributed by atoms with Gasteiger partial charge in [0.2, 0.25) is 0 Å². The summed E-state index contributed by atoms with van der Waals surface area (Å²) in [6.45, 7) is 2.12. The van der Waals surface area contributed by atoms with E-state index < -0.39 is 0 Å². The maximum Gasteiger partial charge on any atom is 0.267 e. The molecule has 1 aromatic carbocycles. The van der Waals surface area contributed by atoms with Crippen LogP contribution in [0.5, 0.6) is 0 Å². The van der Waals surface area contributed by atoms with Crippen LogP contribution in [0.25, 0.3) is 0 Å². The number of nitrogens with zero attached hydrogens (tertiary/aromatic N) is 2. The van der Waals surface area contributed by atoms with Crippen molar-refractivity contribution in [1.82, 2.24) is 9.55 Å². The van der Waals surface area contributed by atoms with Crippen molar-refractivity contribution in [3.8, 4) is 0 Å². The molecule has 0 bridgehead atoms. The first kappa shape index (κ1) is 13.4. The number of rotatable bonds is 2. The minimum absolute atomic E-state index is 0.0811. The Balaban J connectivity index is 2.53. The molecule has 0 amide bonds. The van der Waals surface area contributed by atoms with Gasteiger partial charge in [-0.1, -0.05) is 17.7 Å². The molecular weight excluding hydrogens is 365 g/mol. The fourth-order valence-corrected chi connectivity index (χ4v) is 2.31. The van der Waals surface area contributed by atoms with Gasteiger partial charge in [0.1, 0.15) is 5.82 Å². The predicted octanol–water partition coefficient (Wildman–Crippen LogP) is 2.44. The highest BCUT2D eigenvalue weighted by Gasteiger charge is 2.10. The zero-order chi connectivity index (χ0) is 13.3. The van der Waals surface area contributed by atoms with Gasteiger partial charge >= 0.3 is 0 Å². The lowest BCUT2D eigenvalue weighted by Gasteiger charge is -2.12. The van der Waals surface area contributed by atoms with Crippen LogP contribution in [0.2, 0.25) is 5.02 Å². The Kier molecular flexibility index (Phi) is 3.91. The number of hydrogen-bond acceptors (Lipinski definition) is 3. The van der Waals surface area contributed by atoms with Gasteiger partial charge in [-0.3, -0.25) is 9.36 Å². The maximum absolute atomic E-state index is 12.0. The number of nitrogens with two attached hydrogens (primary N) is 1. The van der Waals surface area contributed by atoms with Crippen molar-refractivity contribution < 1.29 is 0 Å². The molecule has 18 heavy (non-hydrogen) atoms. The second-order valence-electron chi connectivity index (χ2n) is 3.85. The number of anilines is 1. The number of halogens is 2. The quantitative estimate of drug-likeness (QED) is 0.648. The zero-order valence-corrected chi connectivity index (χ0v) is 12.6. The molecule has 0 spiro atoms. The summed E-state index contributed by atoms with van der Waals surface area (Å²) in [6, 6.07) is 5.31. The van der Waals surface area contributed by atoms with Crippen molar-refractivity contribution in [3.05, 3.63) is 54.7 Å². The van der Waals surface area contributed by atoms with E-state index in [-0.39, 0.29) is 5.56 Å². The highest BCUT2D eigenvalue weighted by Crippen LogP contribution is 2.22. The van der Waals surface area contributed by atoms with E-state index in [1.807, 2.05) is 22.6 Å². The molecule has 0 aliphatic carbocycles. The molecule has 4 nitrogen and oxygen atoms in total. The van der Waals surface area contributed by atoms with E-state index in [9.17, 15) is 4.79 Å². The van der Waals surface area contributed by atoms with Crippen LogP contribution < -0.4 is 11.3 Å². The Bertz CT molecular complexity index is 634. The Labute approximate surface area is 123 Å². The van der Waals surface area contributed by atoms with Crippen LogP contribution in [-0.4, -0.2) is 9.55 Å². The van der Waals surface area contributed by atoms with Crippen molar-refractivity contribution in [2.24, 2.45) is 0 Å². The first-order chi connectivity index (χ1) is 8.50. The molecule has 0 fully saturated rings. The Hall–Kier alpha value is -1.08. The SMILES string of the molecule is Cc1ncc(I)c(=O)n1Cc1c(N)cccc1Cl. The molecule has 2 rings (SSSR count). The van der Waals surface area contributed by atoms with Gasteiger partial charge in [0.15, 0.2) is 0 Å². The molecule has 0 aliphatic rings. The van der Waals surface area contributed by atoms with Crippen molar-refractivity contribution in [2.45, 2.75) is 13.5 Å². The molecule has 2 aromatic rings. The molecule has 2 N–H and O–H groups in total. The summed E-state index contributed by atoms with van der Waals surface area (Å²) in [4.78, 5) is 16.2. The molecule has 1 heterocycles. The number of aryl methyl sites for hydroxylation is 1. The summed E-state index contributed by atoms with van der Waals surface area (Å²) in [7, 11) is 0. The van der Waals surface area contributed by atoms with Gasteiger partial charge in [-0.05, 0) is 41.6 Å². The first-order valence-electron chi connectivity index (χ1n) is 5.25. The average Bonchev–Trinajstić information content (AvgIpc) is 2.33. The number of aromatic nitrogens is 2. The van der Waals surface area contributed by atoms with Crippen LogP contribution in [0, 0.1) is 10.5 Å². The number of hydrogen-bond donors (Lipinski definition) is 1. The van der Waals surface area contributed by atoms with Crippen molar-refractivity contribution >= 4 is 39.9 Å². The Morgan fingerprint density at radius 3 is 2.89 bits per heavy atom. The van der Waals surface area contributed by atoms with Gasteiger partial charge in [0, 0.05) is 22.5 Å². The topological polar surface area (TPSA) is 60.9 Å². The molecule has 94 valence electrons. The standard InChI is InChI=1S/C12H11ClIN3O/c1-7-16-5-10(14)12(18)17(7)6-8-9(13)3-2-4-11(8)15/h2-5H,6,15H2,1H3. The summed E-state index contributed by atoms with van der Waals surface area (Å²) in [5.41, 5.74) is 7.12. The summed E-state index contributed by atoms with van der Waals surface area (Å²) < 4.78 is 2.14. The van der Waals surface area contributed by atoms with Crippen LogP contribution in [0.1, 0.15) is 11.4 Å². The lowest BCUT2D eigenvalue weighted by molar-refractivity contribution is 0.696. The lowest BCUT2D eigenvalue weighted by Crippen LogP contribution is -2.26.